The number of hydrogen-bond donors (Lipinski definition) is 2. The molecule has 2 aromatic rings. The molecule has 6 nitrogen and oxygen atoms in total. The van der Waals surface area contributed by atoms with E-state index < -0.39 is 17.8 Å². The van der Waals surface area contributed by atoms with Crippen LogP contribution in [-0.4, -0.2) is 37.0 Å². The second-order valence-electron chi connectivity index (χ2n) is 6.96. The van der Waals surface area contributed by atoms with Gasteiger partial charge in [0, 0.05) is 24.7 Å². The van der Waals surface area contributed by atoms with E-state index in [0.29, 0.717) is 37.4 Å². The Bertz CT molecular complexity index is 910. The monoisotopic (exact) mass is 421 g/mol. The largest absolute Gasteiger partial charge is 0.495 e. The highest BCUT2D eigenvalue weighted by molar-refractivity contribution is 5.94. The van der Waals surface area contributed by atoms with Crippen LogP contribution in [0.4, 0.5) is 29.3 Å². The van der Waals surface area contributed by atoms with Crippen molar-refractivity contribution in [2.75, 3.05) is 30.8 Å². The molecule has 1 aliphatic heterocycles. The van der Waals surface area contributed by atoms with Crippen LogP contribution in [0.15, 0.2) is 48.5 Å². The summed E-state index contributed by atoms with van der Waals surface area (Å²) < 4.78 is 43.7. The number of benzene rings is 2. The van der Waals surface area contributed by atoms with Gasteiger partial charge in [-0.3, -0.25) is 4.79 Å². The Labute approximate surface area is 172 Å². The molecule has 2 aromatic carbocycles. The molecule has 160 valence electrons. The minimum absolute atomic E-state index is 0.0749. The van der Waals surface area contributed by atoms with Crippen LogP contribution in [0, 0.1) is 5.92 Å². The molecule has 0 bridgehead atoms. The van der Waals surface area contributed by atoms with Crippen molar-refractivity contribution in [1.82, 2.24) is 4.90 Å². The number of hydrogen-bond acceptors (Lipinski definition) is 3. The minimum atomic E-state index is -4.48. The lowest BCUT2D eigenvalue weighted by Gasteiger charge is -2.31. The number of piperidine rings is 1. The van der Waals surface area contributed by atoms with Gasteiger partial charge in [0.25, 0.3) is 0 Å². The molecule has 0 radical (unpaired) electrons. The molecule has 1 saturated heterocycles. The molecule has 0 spiro atoms. The summed E-state index contributed by atoms with van der Waals surface area (Å²) in [6.45, 7) is 0.656. The highest BCUT2D eigenvalue weighted by Crippen LogP contribution is 2.31. The summed E-state index contributed by atoms with van der Waals surface area (Å²) in [5.74, 6) is 0.133. The fourth-order valence-electron chi connectivity index (χ4n) is 3.30. The third kappa shape index (κ3) is 5.22. The lowest BCUT2D eigenvalue weighted by Crippen LogP contribution is -2.43. The molecule has 0 aromatic heterocycles. The Hall–Kier alpha value is -3.23. The summed E-state index contributed by atoms with van der Waals surface area (Å²) in [5.41, 5.74) is -0.174. The molecule has 1 fully saturated rings. The zero-order valence-corrected chi connectivity index (χ0v) is 16.3. The number of amides is 3. The van der Waals surface area contributed by atoms with Crippen LogP contribution < -0.4 is 15.4 Å². The van der Waals surface area contributed by atoms with E-state index in [2.05, 4.69) is 10.6 Å². The van der Waals surface area contributed by atoms with Gasteiger partial charge in [0.15, 0.2) is 0 Å². The van der Waals surface area contributed by atoms with Gasteiger partial charge in [-0.05, 0) is 43.2 Å². The number of nitrogens with zero attached hydrogens (tertiary/aromatic N) is 1. The second-order valence-corrected chi connectivity index (χ2v) is 6.96. The van der Waals surface area contributed by atoms with Gasteiger partial charge in [0.1, 0.15) is 5.75 Å². The van der Waals surface area contributed by atoms with E-state index in [1.165, 1.54) is 24.1 Å². The summed E-state index contributed by atoms with van der Waals surface area (Å²) in [6.07, 6.45) is -3.57. The number of alkyl halides is 3. The summed E-state index contributed by atoms with van der Waals surface area (Å²) >= 11 is 0. The number of nitrogens with one attached hydrogen (secondary N) is 2. The second kappa shape index (κ2) is 9.06. The molecule has 1 aliphatic rings. The van der Waals surface area contributed by atoms with Crippen LogP contribution in [0.3, 0.4) is 0 Å². The van der Waals surface area contributed by atoms with Gasteiger partial charge >= 0.3 is 12.2 Å². The van der Waals surface area contributed by atoms with Crippen molar-refractivity contribution in [1.29, 1.82) is 0 Å². The molecule has 2 N–H and O–H groups in total. The SMILES string of the molecule is COc1ccccc1NC(=O)C1CCN(C(=O)Nc2cccc(C(F)(F)F)c2)CC1. The summed E-state index contributed by atoms with van der Waals surface area (Å²) in [7, 11) is 1.52. The first-order valence-corrected chi connectivity index (χ1v) is 9.45. The van der Waals surface area contributed by atoms with E-state index >= 15 is 0 Å². The molecule has 1 heterocycles. The zero-order valence-electron chi connectivity index (χ0n) is 16.3. The number of urea groups is 1. The lowest BCUT2D eigenvalue weighted by atomic mass is 9.96. The van der Waals surface area contributed by atoms with Crippen molar-refractivity contribution in [2.24, 2.45) is 5.92 Å². The van der Waals surface area contributed by atoms with Gasteiger partial charge in [-0.25, -0.2) is 4.79 Å². The van der Waals surface area contributed by atoms with E-state index in [1.54, 1.807) is 24.3 Å². The zero-order chi connectivity index (χ0) is 21.7. The first-order valence-electron chi connectivity index (χ1n) is 9.45. The average Bonchev–Trinajstić information content (AvgIpc) is 2.74. The van der Waals surface area contributed by atoms with Gasteiger partial charge in [-0.2, -0.15) is 13.2 Å². The van der Waals surface area contributed by atoms with Crippen molar-refractivity contribution >= 4 is 23.3 Å². The van der Waals surface area contributed by atoms with Crippen LogP contribution in [0.2, 0.25) is 0 Å². The maximum absolute atomic E-state index is 12.8. The third-order valence-electron chi connectivity index (χ3n) is 4.96. The van der Waals surface area contributed by atoms with Crippen LogP contribution in [0.5, 0.6) is 5.75 Å². The van der Waals surface area contributed by atoms with E-state index in [0.717, 1.165) is 12.1 Å². The van der Waals surface area contributed by atoms with Gasteiger partial charge in [-0.1, -0.05) is 18.2 Å². The number of carbonyl (C=O) groups excluding carboxylic acids is 2. The number of methoxy groups -OCH3 is 1. The number of rotatable bonds is 4. The number of halogens is 3. The van der Waals surface area contributed by atoms with Crippen molar-refractivity contribution in [2.45, 2.75) is 19.0 Å². The maximum Gasteiger partial charge on any atom is 0.416 e. The van der Waals surface area contributed by atoms with Gasteiger partial charge < -0.3 is 20.3 Å². The Morgan fingerprint density at radius 2 is 1.73 bits per heavy atom. The number of anilines is 2. The predicted octanol–water partition coefficient (Wildman–Crippen LogP) is 4.60. The Kier molecular flexibility index (Phi) is 6.49. The fraction of sp³-hybridized carbons (Fsp3) is 0.333. The van der Waals surface area contributed by atoms with Gasteiger partial charge in [0.2, 0.25) is 5.91 Å². The predicted molar refractivity (Wildman–Crippen MR) is 106 cm³/mol. The van der Waals surface area contributed by atoms with Crippen molar-refractivity contribution in [3.8, 4) is 5.75 Å². The first-order chi connectivity index (χ1) is 14.3. The molecule has 3 rings (SSSR count). The van der Waals surface area contributed by atoms with Gasteiger partial charge in [0.05, 0.1) is 18.4 Å². The summed E-state index contributed by atoms with van der Waals surface area (Å²) in [4.78, 5) is 26.4. The number of para-hydroxylation sites is 2. The number of carbonyl (C=O) groups is 2. The smallest absolute Gasteiger partial charge is 0.416 e. The topological polar surface area (TPSA) is 70.7 Å². The average molecular weight is 421 g/mol. The maximum atomic E-state index is 12.8. The van der Waals surface area contributed by atoms with Crippen LogP contribution in [-0.2, 0) is 11.0 Å². The first kappa shape index (κ1) is 21.5. The molecule has 30 heavy (non-hydrogen) atoms. The molecule has 9 heteroatoms. The summed E-state index contributed by atoms with van der Waals surface area (Å²) in [6, 6.07) is 11.1. The van der Waals surface area contributed by atoms with Crippen LogP contribution in [0.1, 0.15) is 18.4 Å². The van der Waals surface area contributed by atoms with E-state index in [9.17, 15) is 22.8 Å². The normalized spacial score (nSPS) is 14.9. The number of likely N-dealkylation sites (tertiary alicyclic amines) is 1. The Morgan fingerprint density at radius 3 is 2.40 bits per heavy atom. The molecular weight excluding hydrogens is 399 g/mol. The number of ether oxygens (including phenoxy) is 1. The minimum Gasteiger partial charge on any atom is -0.495 e. The highest BCUT2D eigenvalue weighted by Gasteiger charge is 2.31. The van der Waals surface area contributed by atoms with Crippen molar-refractivity contribution in [3.63, 3.8) is 0 Å². The molecule has 0 saturated carbocycles. The van der Waals surface area contributed by atoms with Crippen LogP contribution >= 0.6 is 0 Å². The quantitative estimate of drug-likeness (QED) is 0.758. The van der Waals surface area contributed by atoms with E-state index in [4.69, 9.17) is 4.74 Å². The summed E-state index contributed by atoms with van der Waals surface area (Å²) in [5, 5.41) is 5.34. The van der Waals surface area contributed by atoms with E-state index in [-0.39, 0.29) is 17.5 Å². The lowest BCUT2D eigenvalue weighted by molar-refractivity contribution is -0.137. The van der Waals surface area contributed by atoms with Gasteiger partial charge in [-0.15, -0.1) is 0 Å². The Morgan fingerprint density at radius 1 is 1.03 bits per heavy atom. The highest BCUT2D eigenvalue weighted by atomic mass is 19.4. The molecule has 3 amide bonds. The molecule has 0 unspecified atom stereocenters. The van der Waals surface area contributed by atoms with Crippen LogP contribution in [0.25, 0.3) is 0 Å². The van der Waals surface area contributed by atoms with Crippen molar-refractivity contribution < 1.29 is 27.5 Å². The Balaban J connectivity index is 1.54. The molecular formula is C21H22F3N3O3. The van der Waals surface area contributed by atoms with Crippen molar-refractivity contribution in [3.05, 3.63) is 54.1 Å². The molecule has 0 atom stereocenters. The third-order valence-corrected chi connectivity index (χ3v) is 4.96. The standard InChI is InChI=1S/C21H22F3N3O3/c1-30-18-8-3-2-7-17(18)26-19(28)14-9-11-27(12-10-14)20(29)25-16-6-4-5-15(13-16)21(22,23)24/h2-8,13-14H,9-12H2,1H3,(H,25,29)(H,26,28). The fourth-order valence-corrected chi connectivity index (χ4v) is 3.30. The molecule has 0 aliphatic carbocycles. The van der Waals surface area contributed by atoms with E-state index in [1.807, 2.05) is 0 Å².